The molecular formula is C22H27N5O. The van der Waals surface area contributed by atoms with Gasteiger partial charge in [-0.2, -0.15) is 10.2 Å². The number of piperidine rings is 1. The number of hydrogen-bond acceptors (Lipinski definition) is 3. The summed E-state index contributed by atoms with van der Waals surface area (Å²) >= 11 is 0. The Bertz CT molecular complexity index is 927. The van der Waals surface area contributed by atoms with Gasteiger partial charge in [-0.1, -0.05) is 44.2 Å². The highest BCUT2D eigenvalue weighted by Crippen LogP contribution is 2.29. The Morgan fingerprint density at radius 3 is 2.82 bits per heavy atom. The number of aromatic nitrogens is 4. The van der Waals surface area contributed by atoms with Gasteiger partial charge in [0.25, 0.3) is 5.91 Å². The zero-order chi connectivity index (χ0) is 19.5. The molecular weight excluding hydrogens is 350 g/mol. The lowest BCUT2D eigenvalue weighted by Gasteiger charge is -2.32. The fourth-order valence-corrected chi connectivity index (χ4v) is 3.93. The van der Waals surface area contributed by atoms with E-state index in [9.17, 15) is 4.79 Å². The van der Waals surface area contributed by atoms with E-state index in [1.165, 1.54) is 11.1 Å². The molecule has 2 aromatic heterocycles. The zero-order valence-corrected chi connectivity index (χ0v) is 16.5. The average Bonchev–Trinajstić information content (AvgIpc) is 3.38. The Kier molecular flexibility index (Phi) is 5.28. The Morgan fingerprint density at radius 1 is 1.25 bits per heavy atom. The molecule has 6 nitrogen and oxygen atoms in total. The molecule has 1 saturated heterocycles. The molecule has 0 bridgehead atoms. The van der Waals surface area contributed by atoms with Crippen LogP contribution in [-0.4, -0.2) is 44.3 Å². The minimum atomic E-state index is 0.0111. The van der Waals surface area contributed by atoms with Crippen molar-refractivity contribution >= 4 is 5.91 Å². The summed E-state index contributed by atoms with van der Waals surface area (Å²) in [5.41, 5.74) is 5.15. The quantitative estimate of drug-likeness (QED) is 0.709. The van der Waals surface area contributed by atoms with Crippen molar-refractivity contribution in [3.63, 3.8) is 0 Å². The van der Waals surface area contributed by atoms with Gasteiger partial charge in [-0.3, -0.25) is 15.0 Å². The second kappa shape index (κ2) is 8.00. The van der Waals surface area contributed by atoms with Gasteiger partial charge in [0, 0.05) is 36.8 Å². The highest BCUT2D eigenvalue weighted by molar-refractivity contribution is 5.92. The molecule has 1 unspecified atom stereocenters. The monoisotopic (exact) mass is 377 g/mol. The first kappa shape index (κ1) is 18.5. The predicted molar refractivity (Wildman–Crippen MR) is 108 cm³/mol. The first-order chi connectivity index (χ1) is 13.6. The molecule has 1 fully saturated rings. The van der Waals surface area contributed by atoms with Crippen LogP contribution in [-0.2, 0) is 6.42 Å². The van der Waals surface area contributed by atoms with Gasteiger partial charge in [-0.25, -0.2) is 0 Å². The number of hydrogen-bond donors (Lipinski definition) is 2. The van der Waals surface area contributed by atoms with Gasteiger partial charge < -0.3 is 4.90 Å². The minimum absolute atomic E-state index is 0.0111. The van der Waals surface area contributed by atoms with Crippen molar-refractivity contribution in [3.8, 4) is 0 Å². The number of nitrogens with one attached hydrogen (secondary N) is 2. The fraction of sp³-hybridized carbons (Fsp3) is 0.409. The third-order valence-electron chi connectivity index (χ3n) is 5.54. The smallest absolute Gasteiger partial charge is 0.274 e. The molecule has 0 spiro atoms. The molecule has 28 heavy (non-hydrogen) atoms. The van der Waals surface area contributed by atoms with Crippen LogP contribution in [0.4, 0.5) is 0 Å². The van der Waals surface area contributed by atoms with Crippen LogP contribution in [0.5, 0.6) is 0 Å². The predicted octanol–water partition coefficient (Wildman–Crippen LogP) is 3.87. The van der Waals surface area contributed by atoms with E-state index < -0.39 is 0 Å². The molecule has 1 atom stereocenters. The number of benzene rings is 1. The van der Waals surface area contributed by atoms with E-state index in [0.717, 1.165) is 37.2 Å². The number of rotatable bonds is 5. The largest absolute Gasteiger partial charge is 0.337 e. The molecule has 0 saturated carbocycles. The minimum Gasteiger partial charge on any atom is -0.337 e. The molecule has 1 aliphatic heterocycles. The van der Waals surface area contributed by atoms with E-state index in [-0.39, 0.29) is 11.8 Å². The average molecular weight is 377 g/mol. The first-order valence-corrected chi connectivity index (χ1v) is 10.0. The number of aromatic amines is 2. The Morgan fingerprint density at radius 2 is 2.07 bits per heavy atom. The Hall–Kier alpha value is -2.89. The Labute approximate surface area is 165 Å². The van der Waals surface area contributed by atoms with Gasteiger partial charge in [0.1, 0.15) is 5.69 Å². The lowest BCUT2D eigenvalue weighted by atomic mass is 9.90. The van der Waals surface area contributed by atoms with Gasteiger partial charge in [0.05, 0.1) is 6.20 Å². The van der Waals surface area contributed by atoms with Gasteiger partial charge in [0.2, 0.25) is 0 Å². The van der Waals surface area contributed by atoms with Crippen LogP contribution in [0.2, 0.25) is 0 Å². The standard InChI is InChI=1S/C22H27N5O/c1-15(2)19-12-20(25-24-19)22(28)27-10-6-9-17(14-27)21-18(13-23-26-21)11-16-7-4-3-5-8-16/h3-5,7-8,12-13,15,17H,6,9-11,14H2,1-2H3,(H,23,26)(H,24,25). The molecule has 4 rings (SSSR count). The Balaban J connectivity index is 1.48. The molecule has 1 aliphatic rings. The van der Waals surface area contributed by atoms with Crippen molar-refractivity contribution in [1.82, 2.24) is 25.3 Å². The third-order valence-corrected chi connectivity index (χ3v) is 5.54. The number of H-pyrrole nitrogens is 2. The number of carbonyl (C=O) groups excluding carboxylic acids is 1. The highest BCUT2D eigenvalue weighted by atomic mass is 16.2. The number of carbonyl (C=O) groups is 1. The molecule has 2 N–H and O–H groups in total. The summed E-state index contributed by atoms with van der Waals surface area (Å²) in [7, 11) is 0. The van der Waals surface area contributed by atoms with E-state index in [4.69, 9.17) is 0 Å². The van der Waals surface area contributed by atoms with Crippen molar-refractivity contribution in [2.24, 2.45) is 0 Å². The molecule has 146 valence electrons. The third kappa shape index (κ3) is 3.86. The first-order valence-electron chi connectivity index (χ1n) is 10.0. The van der Waals surface area contributed by atoms with Gasteiger partial charge >= 0.3 is 0 Å². The van der Waals surface area contributed by atoms with E-state index in [2.05, 4.69) is 58.5 Å². The fourth-order valence-electron chi connectivity index (χ4n) is 3.93. The molecule has 0 radical (unpaired) electrons. The maximum Gasteiger partial charge on any atom is 0.274 e. The van der Waals surface area contributed by atoms with Gasteiger partial charge in [-0.15, -0.1) is 0 Å². The van der Waals surface area contributed by atoms with Gasteiger partial charge in [-0.05, 0) is 36.0 Å². The maximum atomic E-state index is 12.9. The van der Waals surface area contributed by atoms with Crippen LogP contribution in [0, 0.1) is 0 Å². The van der Waals surface area contributed by atoms with E-state index in [1.807, 2.05) is 23.2 Å². The van der Waals surface area contributed by atoms with Crippen molar-refractivity contribution in [3.05, 3.63) is 70.8 Å². The molecule has 3 aromatic rings. The van der Waals surface area contributed by atoms with Crippen molar-refractivity contribution in [2.45, 2.75) is 44.9 Å². The topological polar surface area (TPSA) is 77.7 Å². The number of amides is 1. The summed E-state index contributed by atoms with van der Waals surface area (Å²) in [6.07, 6.45) is 4.83. The SMILES string of the molecule is CC(C)c1cc(C(=O)N2CCCC(c3[nH]ncc3Cc3ccccc3)C2)n[nH]1. The van der Waals surface area contributed by atoms with Crippen LogP contribution in [0.1, 0.15) is 71.5 Å². The number of nitrogens with zero attached hydrogens (tertiary/aromatic N) is 3. The second-order valence-electron chi connectivity index (χ2n) is 7.92. The zero-order valence-electron chi connectivity index (χ0n) is 16.5. The second-order valence-corrected chi connectivity index (χ2v) is 7.92. The summed E-state index contributed by atoms with van der Waals surface area (Å²) < 4.78 is 0. The van der Waals surface area contributed by atoms with Crippen LogP contribution in [0.25, 0.3) is 0 Å². The summed E-state index contributed by atoms with van der Waals surface area (Å²) in [5.74, 6) is 0.619. The van der Waals surface area contributed by atoms with E-state index in [1.54, 1.807) is 0 Å². The maximum absolute atomic E-state index is 12.9. The molecule has 1 amide bonds. The van der Waals surface area contributed by atoms with Crippen LogP contribution >= 0.6 is 0 Å². The van der Waals surface area contributed by atoms with E-state index in [0.29, 0.717) is 18.2 Å². The summed E-state index contributed by atoms with van der Waals surface area (Å²) in [4.78, 5) is 14.9. The molecule has 3 heterocycles. The van der Waals surface area contributed by atoms with Crippen molar-refractivity contribution < 1.29 is 4.79 Å². The number of likely N-dealkylation sites (tertiary alicyclic amines) is 1. The lowest BCUT2D eigenvalue weighted by Crippen LogP contribution is -2.39. The van der Waals surface area contributed by atoms with Crippen LogP contribution < -0.4 is 0 Å². The normalized spacial score (nSPS) is 17.2. The van der Waals surface area contributed by atoms with Crippen LogP contribution in [0.3, 0.4) is 0 Å². The van der Waals surface area contributed by atoms with Crippen molar-refractivity contribution in [1.29, 1.82) is 0 Å². The molecule has 0 aliphatic carbocycles. The highest BCUT2D eigenvalue weighted by Gasteiger charge is 2.29. The summed E-state index contributed by atoms with van der Waals surface area (Å²) in [6.45, 7) is 5.66. The van der Waals surface area contributed by atoms with Crippen molar-refractivity contribution in [2.75, 3.05) is 13.1 Å². The van der Waals surface area contributed by atoms with Crippen LogP contribution in [0.15, 0.2) is 42.6 Å². The molecule has 6 heteroatoms. The van der Waals surface area contributed by atoms with E-state index >= 15 is 0 Å². The summed E-state index contributed by atoms with van der Waals surface area (Å²) in [5, 5.41) is 14.7. The summed E-state index contributed by atoms with van der Waals surface area (Å²) in [6, 6.07) is 12.3. The lowest BCUT2D eigenvalue weighted by molar-refractivity contribution is 0.0699. The van der Waals surface area contributed by atoms with Gasteiger partial charge in [0.15, 0.2) is 0 Å². The molecule has 1 aromatic carbocycles.